The second-order valence-electron chi connectivity index (χ2n) is 9.39. The molecule has 1 heterocycles. The zero-order valence-corrected chi connectivity index (χ0v) is 20.7. The number of carbonyl (C=O) groups excluding carboxylic acids is 3. The molecule has 2 atom stereocenters. The number of aliphatic hydroxyl groups excluding tert-OH is 1. The van der Waals surface area contributed by atoms with E-state index < -0.39 is 41.4 Å². The zero-order valence-electron chi connectivity index (χ0n) is 20.7. The van der Waals surface area contributed by atoms with E-state index in [-0.39, 0.29) is 26.2 Å². The molecule has 0 saturated carbocycles. The molecule has 9 nitrogen and oxygen atoms in total. The van der Waals surface area contributed by atoms with Crippen molar-refractivity contribution in [2.24, 2.45) is 5.92 Å². The number of amides is 3. The van der Waals surface area contributed by atoms with Crippen molar-refractivity contribution in [2.75, 3.05) is 19.8 Å². The fraction of sp³-hybridized carbons (Fsp3) is 0.625. The molecule has 186 valence electrons. The van der Waals surface area contributed by atoms with E-state index in [1.807, 2.05) is 18.2 Å². The number of aliphatic hydroxyl groups is 1. The number of hydrogen-bond acceptors (Lipinski definition) is 7. The number of aryl methyl sites for hydroxylation is 1. The lowest BCUT2D eigenvalue weighted by molar-refractivity contribution is -0.135. The van der Waals surface area contributed by atoms with Crippen LogP contribution in [0.15, 0.2) is 30.3 Å². The zero-order chi connectivity index (χ0) is 25.2. The SMILES string of the molecule is CC(C(=O)N1CCOC1=O)C(O)CCOC(C)(C)NC(=O)OC(C)(C)C.Cc1ccccc1. The maximum atomic E-state index is 12.2. The maximum absolute atomic E-state index is 12.2. The van der Waals surface area contributed by atoms with E-state index in [1.54, 1.807) is 41.5 Å². The third kappa shape index (κ3) is 11.2. The molecule has 3 amide bonds. The molecular weight excluding hydrogens is 428 g/mol. The molecule has 0 aromatic heterocycles. The minimum atomic E-state index is -1.01. The summed E-state index contributed by atoms with van der Waals surface area (Å²) in [4.78, 5) is 36.4. The van der Waals surface area contributed by atoms with Gasteiger partial charge in [0, 0.05) is 0 Å². The van der Waals surface area contributed by atoms with E-state index in [0.717, 1.165) is 4.90 Å². The number of carbonyl (C=O) groups is 3. The van der Waals surface area contributed by atoms with E-state index in [1.165, 1.54) is 5.56 Å². The second kappa shape index (κ2) is 12.6. The number of nitrogens with one attached hydrogen (secondary N) is 1. The Morgan fingerprint density at radius 1 is 1.18 bits per heavy atom. The van der Waals surface area contributed by atoms with Gasteiger partial charge in [-0.05, 0) is 48.0 Å². The van der Waals surface area contributed by atoms with E-state index >= 15 is 0 Å². The first-order valence-electron chi connectivity index (χ1n) is 11.0. The Morgan fingerprint density at radius 3 is 2.24 bits per heavy atom. The average molecular weight is 467 g/mol. The van der Waals surface area contributed by atoms with Gasteiger partial charge in [-0.2, -0.15) is 0 Å². The lowest BCUT2D eigenvalue weighted by Gasteiger charge is -2.29. The fourth-order valence-corrected chi connectivity index (χ4v) is 2.81. The molecule has 0 radical (unpaired) electrons. The molecule has 1 aliphatic heterocycles. The van der Waals surface area contributed by atoms with Crippen LogP contribution in [-0.2, 0) is 19.0 Å². The van der Waals surface area contributed by atoms with E-state index in [2.05, 4.69) is 24.4 Å². The Kier molecular flexibility index (Phi) is 10.8. The third-order valence-corrected chi connectivity index (χ3v) is 4.61. The fourth-order valence-electron chi connectivity index (χ4n) is 2.81. The first kappa shape index (κ1) is 28.4. The molecule has 0 bridgehead atoms. The number of cyclic esters (lactones) is 1. The van der Waals surface area contributed by atoms with Crippen molar-refractivity contribution >= 4 is 18.1 Å². The van der Waals surface area contributed by atoms with Gasteiger partial charge in [0.25, 0.3) is 0 Å². The predicted molar refractivity (Wildman–Crippen MR) is 123 cm³/mol. The molecule has 9 heteroatoms. The molecule has 2 unspecified atom stereocenters. The standard InChI is InChI=1S/C17H30N2O7.C7H8/c1-11(13(21)19-8-10-24-15(19)23)12(20)7-9-25-17(5,6)18-14(22)26-16(2,3)4;1-7-5-3-2-4-6-7/h11-12,20H,7-10H2,1-6H3,(H,18,22);2-6H,1H3. The molecule has 33 heavy (non-hydrogen) atoms. The molecule has 1 aromatic rings. The molecular formula is C24H38N2O7. The Morgan fingerprint density at radius 2 is 1.79 bits per heavy atom. The summed E-state index contributed by atoms with van der Waals surface area (Å²) < 4.78 is 15.5. The Hall–Kier alpha value is -2.65. The smallest absolute Gasteiger partial charge is 0.416 e. The van der Waals surface area contributed by atoms with Gasteiger partial charge >= 0.3 is 12.2 Å². The topological polar surface area (TPSA) is 114 Å². The number of benzene rings is 1. The van der Waals surface area contributed by atoms with Crippen molar-refractivity contribution in [3.63, 3.8) is 0 Å². The first-order valence-corrected chi connectivity index (χ1v) is 11.0. The number of imide groups is 1. The molecule has 0 aliphatic carbocycles. The van der Waals surface area contributed by atoms with Gasteiger partial charge in [0.05, 0.1) is 25.2 Å². The van der Waals surface area contributed by atoms with Crippen LogP contribution in [0.25, 0.3) is 0 Å². The maximum Gasteiger partial charge on any atom is 0.416 e. The van der Waals surface area contributed by atoms with Crippen molar-refractivity contribution in [2.45, 2.75) is 72.3 Å². The van der Waals surface area contributed by atoms with Crippen LogP contribution < -0.4 is 5.32 Å². The van der Waals surface area contributed by atoms with Crippen LogP contribution in [0.1, 0.15) is 53.5 Å². The summed E-state index contributed by atoms with van der Waals surface area (Å²) in [5.74, 6) is -1.25. The Labute approximate surface area is 196 Å². The van der Waals surface area contributed by atoms with Crippen LogP contribution in [0.5, 0.6) is 0 Å². The van der Waals surface area contributed by atoms with Gasteiger partial charge in [-0.3, -0.25) is 10.1 Å². The predicted octanol–water partition coefficient (Wildman–Crippen LogP) is 3.62. The largest absolute Gasteiger partial charge is 0.447 e. The van der Waals surface area contributed by atoms with Crippen LogP contribution in [0, 0.1) is 12.8 Å². The summed E-state index contributed by atoms with van der Waals surface area (Å²) >= 11 is 0. The third-order valence-electron chi connectivity index (χ3n) is 4.61. The minimum Gasteiger partial charge on any atom is -0.447 e. The average Bonchev–Trinajstić information content (AvgIpc) is 3.11. The summed E-state index contributed by atoms with van der Waals surface area (Å²) in [7, 11) is 0. The number of hydrogen-bond donors (Lipinski definition) is 2. The number of alkyl carbamates (subject to hydrolysis) is 1. The Balaban J connectivity index is 0.000000657. The van der Waals surface area contributed by atoms with Crippen LogP contribution >= 0.6 is 0 Å². The normalized spacial score (nSPS) is 15.6. The van der Waals surface area contributed by atoms with Crippen LogP contribution in [0.2, 0.25) is 0 Å². The quantitative estimate of drug-likeness (QED) is 0.590. The molecule has 0 spiro atoms. The van der Waals surface area contributed by atoms with Gasteiger partial charge < -0.3 is 19.3 Å². The molecule has 2 N–H and O–H groups in total. The highest BCUT2D eigenvalue weighted by atomic mass is 16.6. The van der Waals surface area contributed by atoms with Gasteiger partial charge in [-0.25, -0.2) is 14.5 Å². The summed E-state index contributed by atoms with van der Waals surface area (Å²) in [5.41, 5.74) is -0.306. The first-order chi connectivity index (χ1) is 15.2. The summed E-state index contributed by atoms with van der Waals surface area (Å²) in [6.07, 6.45) is -2.13. The van der Waals surface area contributed by atoms with Crippen LogP contribution in [-0.4, -0.2) is 65.3 Å². The highest BCUT2D eigenvalue weighted by molar-refractivity contribution is 5.94. The lowest BCUT2D eigenvalue weighted by Crippen LogP contribution is -2.48. The van der Waals surface area contributed by atoms with E-state index in [4.69, 9.17) is 14.2 Å². The van der Waals surface area contributed by atoms with Crippen molar-refractivity contribution in [1.29, 1.82) is 0 Å². The molecule has 1 saturated heterocycles. The Bertz CT molecular complexity index is 775. The summed E-state index contributed by atoms with van der Waals surface area (Å²) in [6, 6.07) is 10.3. The van der Waals surface area contributed by atoms with Crippen LogP contribution in [0.3, 0.4) is 0 Å². The monoisotopic (exact) mass is 466 g/mol. The van der Waals surface area contributed by atoms with Gasteiger partial charge in [0.1, 0.15) is 17.9 Å². The van der Waals surface area contributed by atoms with E-state index in [0.29, 0.717) is 0 Å². The van der Waals surface area contributed by atoms with Gasteiger partial charge in [-0.1, -0.05) is 42.8 Å². The van der Waals surface area contributed by atoms with Crippen LogP contribution in [0.4, 0.5) is 9.59 Å². The molecule has 1 fully saturated rings. The number of ether oxygens (including phenoxy) is 3. The number of rotatable bonds is 7. The highest BCUT2D eigenvalue weighted by Gasteiger charge is 2.34. The van der Waals surface area contributed by atoms with Gasteiger partial charge in [0.15, 0.2) is 0 Å². The summed E-state index contributed by atoms with van der Waals surface area (Å²) in [6.45, 7) is 12.7. The highest BCUT2D eigenvalue weighted by Crippen LogP contribution is 2.16. The van der Waals surface area contributed by atoms with Crippen molar-refractivity contribution in [3.8, 4) is 0 Å². The van der Waals surface area contributed by atoms with E-state index in [9.17, 15) is 19.5 Å². The van der Waals surface area contributed by atoms with Gasteiger partial charge in [-0.15, -0.1) is 0 Å². The molecule has 1 aromatic carbocycles. The molecule has 1 aliphatic rings. The van der Waals surface area contributed by atoms with Crippen molar-refractivity contribution < 1.29 is 33.7 Å². The van der Waals surface area contributed by atoms with Crippen molar-refractivity contribution in [3.05, 3.63) is 35.9 Å². The molecule has 2 rings (SSSR count). The number of nitrogens with zero attached hydrogens (tertiary/aromatic N) is 1. The van der Waals surface area contributed by atoms with Gasteiger partial charge in [0.2, 0.25) is 5.91 Å². The lowest BCUT2D eigenvalue weighted by atomic mass is 10.0. The minimum absolute atomic E-state index is 0.103. The summed E-state index contributed by atoms with van der Waals surface area (Å²) in [5, 5.41) is 12.8. The second-order valence-corrected chi connectivity index (χ2v) is 9.39. The van der Waals surface area contributed by atoms with Crippen molar-refractivity contribution in [1.82, 2.24) is 10.2 Å².